The molecular weight excluding hydrogens is 404 g/mol. The molecule has 0 aliphatic carbocycles. The van der Waals surface area contributed by atoms with E-state index in [1.54, 1.807) is 13.1 Å². The lowest BCUT2D eigenvalue weighted by Gasteiger charge is -2.26. The second kappa shape index (κ2) is 8.53. The minimum absolute atomic E-state index is 0.199. The highest BCUT2D eigenvalue weighted by molar-refractivity contribution is 6.03. The molecule has 7 nitrogen and oxygen atoms in total. The molecule has 0 amide bonds. The number of morpholine rings is 1. The van der Waals surface area contributed by atoms with E-state index in [0.29, 0.717) is 11.0 Å². The number of carboxylic acid groups (broad SMARTS) is 1. The van der Waals surface area contributed by atoms with Crippen molar-refractivity contribution >= 4 is 17.0 Å². The number of ether oxygens (including phenoxy) is 1. The van der Waals surface area contributed by atoms with Gasteiger partial charge in [0.25, 0.3) is 0 Å². The molecule has 0 spiro atoms. The molecule has 3 aromatic carbocycles. The number of aryl methyl sites for hydroxylation is 1. The van der Waals surface area contributed by atoms with E-state index in [0.717, 1.165) is 55.1 Å². The molecule has 0 atom stereocenters. The fraction of sp³-hybridized carbons (Fsp3) is 0.240. The third-order valence-electron chi connectivity index (χ3n) is 5.95. The Balaban J connectivity index is 1.38. The minimum Gasteiger partial charge on any atom is -0.478 e. The molecule has 0 radical (unpaired) electrons. The van der Waals surface area contributed by atoms with Crippen LogP contribution < -0.4 is 0 Å². The van der Waals surface area contributed by atoms with Gasteiger partial charge in [-0.15, -0.1) is 5.10 Å². The smallest absolute Gasteiger partial charge is 0.337 e. The molecule has 7 heteroatoms. The van der Waals surface area contributed by atoms with Crippen LogP contribution in [0.2, 0.25) is 0 Å². The predicted molar refractivity (Wildman–Crippen MR) is 122 cm³/mol. The van der Waals surface area contributed by atoms with E-state index in [4.69, 9.17) is 4.74 Å². The molecule has 5 rings (SSSR count). The van der Waals surface area contributed by atoms with Crippen molar-refractivity contribution in [1.29, 1.82) is 0 Å². The third kappa shape index (κ3) is 4.00. The fourth-order valence-corrected chi connectivity index (χ4v) is 4.20. The highest BCUT2D eigenvalue weighted by atomic mass is 16.5. The third-order valence-corrected chi connectivity index (χ3v) is 5.95. The summed E-state index contributed by atoms with van der Waals surface area (Å²) in [4.78, 5) is 14.2. The van der Waals surface area contributed by atoms with Crippen LogP contribution in [-0.4, -0.2) is 57.3 Å². The molecule has 0 saturated carbocycles. The standard InChI is InChI=1S/C25H24N4O3/c1-28-24-22(25(30)31)14-21(15-23(24)26-27-28)20-8-6-19(7-9-20)18-4-2-17(3-5-18)16-29-10-12-32-13-11-29/h2-9,14-15H,10-13,16H2,1H3,(H,30,31). The second-order valence-electron chi connectivity index (χ2n) is 8.07. The highest BCUT2D eigenvalue weighted by Crippen LogP contribution is 2.29. The zero-order valence-electron chi connectivity index (χ0n) is 17.9. The van der Waals surface area contributed by atoms with Gasteiger partial charge in [0.05, 0.1) is 18.8 Å². The molecule has 1 N–H and O–H groups in total. The van der Waals surface area contributed by atoms with Crippen LogP contribution in [0.1, 0.15) is 15.9 Å². The van der Waals surface area contributed by atoms with Crippen molar-refractivity contribution in [1.82, 2.24) is 19.9 Å². The van der Waals surface area contributed by atoms with Crippen molar-refractivity contribution in [3.63, 3.8) is 0 Å². The summed E-state index contributed by atoms with van der Waals surface area (Å²) < 4.78 is 6.91. The number of fused-ring (bicyclic) bond motifs is 1. The first-order chi connectivity index (χ1) is 15.6. The van der Waals surface area contributed by atoms with Gasteiger partial charge in [0.2, 0.25) is 0 Å². The van der Waals surface area contributed by atoms with Crippen LogP contribution in [0.25, 0.3) is 33.3 Å². The molecular formula is C25H24N4O3. The average Bonchev–Trinajstić information content (AvgIpc) is 3.20. The number of nitrogens with zero attached hydrogens (tertiary/aromatic N) is 4. The lowest BCUT2D eigenvalue weighted by Crippen LogP contribution is -2.35. The van der Waals surface area contributed by atoms with Crippen molar-refractivity contribution in [2.75, 3.05) is 26.3 Å². The van der Waals surface area contributed by atoms with Crippen LogP contribution in [0, 0.1) is 0 Å². The first-order valence-electron chi connectivity index (χ1n) is 10.6. The number of hydrogen-bond acceptors (Lipinski definition) is 5. The Kier molecular flexibility index (Phi) is 5.43. The monoisotopic (exact) mass is 428 g/mol. The zero-order chi connectivity index (χ0) is 22.1. The van der Waals surface area contributed by atoms with Crippen LogP contribution in [0.5, 0.6) is 0 Å². The van der Waals surface area contributed by atoms with Gasteiger partial charge in [-0.25, -0.2) is 9.48 Å². The number of aromatic nitrogens is 3. The molecule has 0 unspecified atom stereocenters. The van der Waals surface area contributed by atoms with Gasteiger partial charge >= 0.3 is 5.97 Å². The van der Waals surface area contributed by atoms with Gasteiger partial charge in [0, 0.05) is 26.7 Å². The van der Waals surface area contributed by atoms with Gasteiger partial charge in [-0.1, -0.05) is 53.7 Å². The molecule has 1 aliphatic heterocycles. The Morgan fingerprint density at radius 2 is 1.53 bits per heavy atom. The summed E-state index contributed by atoms with van der Waals surface area (Å²) in [6, 6.07) is 20.4. The molecule has 1 saturated heterocycles. The second-order valence-corrected chi connectivity index (χ2v) is 8.07. The topological polar surface area (TPSA) is 80.5 Å². The van der Waals surface area contributed by atoms with E-state index in [-0.39, 0.29) is 5.56 Å². The summed E-state index contributed by atoms with van der Waals surface area (Å²) in [6.45, 7) is 4.52. The zero-order valence-corrected chi connectivity index (χ0v) is 17.9. The predicted octanol–water partition coefficient (Wildman–Crippen LogP) is 3.83. The van der Waals surface area contributed by atoms with Crippen LogP contribution in [0.15, 0.2) is 60.7 Å². The van der Waals surface area contributed by atoms with Crippen molar-refractivity contribution in [2.45, 2.75) is 6.54 Å². The first-order valence-corrected chi connectivity index (χ1v) is 10.6. The number of rotatable bonds is 5. The largest absolute Gasteiger partial charge is 0.478 e. The summed E-state index contributed by atoms with van der Waals surface area (Å²) in [6.07, 6.45) is 0. The minimum atomic E-state index is -0.990. The maximum atomic E-state index is 11.8. The molecule has 32 heavy (non-hydrogen) atoms. The summed E-state index contributed by atoms with van der Waals surface area (Å²) >= 11 is 0. The molecule has 4 aromatic rings. The number of benzene rings is 3. The van der Waals surface area contributed by atoms with E-state index in [1.165, 1.54) is 10.2 Å². The molecule has 162 valence electrons. The lowest BCUT2D eigenvalue weighted by atomic mass is 9.98. The highest BCUT2D eigenvalue weighted by Gasteiger charge is 2.16. The summed E-state index contributed by atoms with van der Waals surface area (Å²) in [5.41, 5.74) is 6.60. The summed E-state index contributed by atoms with van der Waals surface area (Å²) in [5.74, 6) is -0.990. The van der Waals surface area contributed by atoms with Gasteiger partial charge in [-0.2, -0.15) is 0 Å². The van der Waals surface area contributed by atoms with E-state index in [1.807, 2.05) is 18.2 Å². The Morgan fingerprint density at radius 1 is 0.938 bits per heavy atom. The average molecular weight is 428 g/mol. The van der Waals surface area contributed by atoms with Crippen molar-refractivity contribution in [3.8, 4) is 22.3 Å². The Bertz CT molecular complexity index is 1260. The number of aromatic carboxylic acids is 1. The van der Waals surface area contributed by atoms with Crippen molar-refractivity contribution < 1.29 is 14.6 Å². The van der Waals surface area contributed by atoms with Gasteiger partial charge < -0.3 is 9.84 Å². The summed E-state index contributed by atoms with van der Waals surface area (Å²) in [5, 5.41) is 17.7. The van der Waals surface area contributed by atoms with Crippen LogP contribution in [0.4, 0.5) is 0 Å². The van der Waals surface area contributed by atoms with E-state index >= 15 is 0 Å². The van der Waals surface area contributed by atoms with Crippen LogP contribution >= 0.6 is 0 Å². The van der Waals surface area contributed by atoms with Gasteiger partial charge in [-0.3, -0.25) is 4.90 Å². The number of hydrogen-bond donors (Lipinski definition) is 1. The van der Waals surface area contributed by atoms with Crippen molar-refractivity contribution in [3.05, 3.63) is 71.8 Å². The molecule has 2 heterocycles. The van der Waals surface area contributed by atoms with Gasteiger partial charge in [-0.05, 0) is 39.9 Å². The maximum Gasteiger partial charge on any atom is 0.337 e. The Hall–Kier alpha value is -3.55. The number of carboxylic acids is 1. The maximum absolute atomic E-state index is 11.8. The van der Waals surface area contributed by atoms with E-state index in [2.05, 4.69) is 51.6 Å². The number of carbonyl (C=O) groups is 1. The van der Waals surface area contributed by atoms with E-state index < -0.39 is 5.97 Å². The van der Waals surface area contributed by atoms with Crippen LogP contribution in [0.3, 0.4) is 0 Å². The van der Waals surface area contributed by atoms with Crippen LogP contribution in [-0.2, 0) is 18.3 Å². The van der Waals surface area contributed by atoms with Crippen molar-refractivity contribution in [2.24, 2.45) is 7.05 Å². The lowest BCUT2D eigenvalue weighted by molar-refractivity contribution is 0.0342. The fourth-order valence-electron chi connectivity index (χ4n) is 4.20. The van der Waals surface area contributed by atoms with E-state index in [9.17, 15) is 9.90 Å². The first kappa shape index (κ1) is 20.4. The summed E-state index contributed by atoms with van der Waals surface area (Å²) in [7, 11) is 1.70. The molecule has 0 bridgehead atoms. The Morgan fingerprint density at radius 3 is 2.16 bits per heavy atom. The van der Waals surface area contributed by atoms with Gasteiger partial charge in [0.1, 0.15) is 11.0 Å². The molecule has 1 aliphatic rings. The normalized spacial score (nSPS) is 14.7. The molecule has 1 fully saturated rings. The molecule has 1 aromatic heterocycles. The quantitative estimate of drug-likeness (QED) is 0.520. The van der Waals surface area contributed by atoms with Gasteiger partial charge in [0.15, 0.2) is 0 Å². The SMILES string of the molecule is Cn1nnc2cc(-c3ccc(-c4ccc(CN5CCOCC5)cc4)cc3)cc(C(=O)O)c21. The Labute approximate surface area is 185 Å².